The van der Waals surface area contributed by atoms with Crippen LogP contribution in [-0.2, 0) is 0 Å². The van der Waals surface area contributed by atoms with E-state index in [-0.39, 0.29) is 10.6 Å². The van der Waals surface area contributed by atoms with Crippen LogP contribution in [0.3, 0.4) is 0 Å². The number of rotatable bonds is 3. The largest absolute Gasteiger partial charge is 0.332 e. The zero-order valence-electron chi connectivity index (χ0n) is 10.3. The molecule has 2 aromatic carbocycles. The van der Waals surface area contributed by atoms with Gasteiger partial charge in [0.15, 0.2) is 0 Å². The van der Waals surface area contributed by atoms with Gasteiger partial charge in [-0.3, -0.25) is 4.79 Å². The minimum absolute atomic E-state index is 0.00671. The van der Waals surface area contributed by atoms with Crippen LogP contribution in [0, 0.1) is 17.1 Å². The van der Waals surface area contributed by atoms with Crippen molar-refractivity contribution in [2.75, 3.05) is 0 Å². The highest BCUT2D eigenvalue weighted by molar-refractivity contribution is 6.33. The molecule has 0 aromatic heterocycles. The van der Waals surface area contributed by atoms with Crippen LogP contribution >= 0.6 is 11.6 Å². The van der Waals surface area contributed by atoms with Gasteiger partial charge in [0, 0.05) is 0 Å². The van der Waals surface area contributed by atoms with Gasteiger partial charge in [-0.2, -0.15) is 5.26 Å². The van der Waals surface area contributed by atoms with Crippen molar-refractivity contribution >= 4 is 17.5 Å². The van der Waals surface area contributed by atoms with E-state index in [1.165, 1.54) is 6.07 Å². The van der Waals surface area contributed by atoms with E-state index >= 15 is 0 Å². The average molecular weight is 289 g/mol. The van der Waals surface area contributed by atoms with Crippen molar-refractivity contribution in [3.05, 3.63) is 70.5 Å². The van der Waals surface area contributed by atoms with Crippen LogP contribution in [0.5, 0.6) is 0 Å². The van der Waals surface area contributed by atoms with Crippen LogP contribution in [0.25, 0.3) is 0 Å². The lowest BCUT2D eigenvalue weighted by molar-refractivity contribution is 0.0945. The predicted octanol–water partition coefficient (Wildman–Crippen LogP) is 3.47. The first-order valence-corrected chi connectivity index (χ1v) is 6.20. The number of hydrogen-bond donors (Lipinski definition) is 1. The Balaban J connectivity index is 2.20. The molecule has 0 fully saturated rings. The molecule has 0 aliphatic rings. The number of amides is 1. The quantitative estimate of drug-likeness (QED) is 0.940. The molecule has 0 aliphatic heterocycles. The summed E-state index contributed by atoms with van der Waals surface area (Å²) in [5, 5.41) is 11.7. The van der Waals surface area contributed by atoms with E-state index in [2.05, 4.69) is 5.32 Å². The molecule has 1 amide bonds. The number of carbonyl (C=O) groups excluding carboxylic acids is 1. The molecule has 0 saturated carbocycles. The van der Waals surface area contributed by atoms with E-state index in [1.807, 2.05) is 12.1 Å². The maximum Gasteiger partial charge on any atom is 0.254 e. The highest BCUT2D eigenvalue weighted by Gasteiger charge is 2.17. The van der Waals surface area contributed by atoms with Gasteiger partial charge >= 0.3 is 0 Å². The third-order valence-electron chi connectivity index (χ3n) is 2.71. The Labute approximate surface area is 120 Å². The van der Waals surface area contributed by atoms with Crippen LogP contribution in [0.4, 0.5) is 4.39 Å². The molecule has 1 atom stereocenters. The van der Waals surface area contributed by atoms with Crippen LogP contribution < -0.4 is 5.32 Å². The molecule has 0 saturated heterocycles. The minimum Gasteiger partial charge on any atom is -0.332 e. The van der Waals surface area contributed by atoms with Gasteiger partial charge in [0.1, 0.15) is 11.9 Å². The van der Waals surface area contributed by atoms with Gasteiger partial charge < -0.3 is 5.32 Å². The Kier molecular flexibility index (Phi) is 4.34. The monoisotopic (exact) mass is 288 g/mol. The molecule has 1 N–H and O–H groups in total. The third-order valence-corrected chi connectivity index (χ3v) is 3.03. The first-order chi connectivity index (χ1) is 9.61. The topological polar surface area (TPSA) is 52.9 Å². The fraction of sp³-hybridized carbons (Fsp3) is 0.0667. The summed E-state index contributed by atoms with van der Waals surface area (Å²) in [5.74, 6) is -1.04. The number of nitrogens with one attached hydrogen (secondary N) is 1. The zero-order chi connectivity index (χ0) is 14.5. The van der Waals surface area contributed by atoms with Crippen molar-refractivity contribution in [3.8, 4) is 6.07 Å². The Bertz CT molecular complexity index is 667. The highest BCUT2D eigenvalue weighted by atomic mass is 35.5. The molecular weight excluding hydrogens is 279 g/mol. The summed E-state index contributed by atoms with van der Waals surface area (Å²) >= 11 is 5.81. The van der Waals surface area contributed by atoms with Crippen LogP contribution in [-0.4, -0.2) is 5.91 Å². The standard InChI is InChI=1S/C15H10ClFN2O/c16-13-8-11(17)6-7-12(13)15(20)19-14(9-18)10-4-2-1-3-5-10/h1-8,14H,(H,19,20). The SMILES string of the molecule is N#CC(NC(=O)c1ccc(F)cc1Cl)c1ccccc1. The lowest BCUT2D eigenvalue weighted by Crippen LogP contribution is -2.27. The first kappa shape index (κ1) is 14.0. The molecule has 0 spiro atoms. The van der Waals surface area contributed by atoms with E-state index in [1.54, 1.807) is 24.3 Å². The summed E-state index contributed by atoms with van der Waals surface area (Å²) in [4.78, 5) is 12.1. The van der Waals surface area contributed by atoms with Gasteiger partial charge in [-0.25, -0.2) is 4.39 Å². The summed E-state index contributed by atoms with van der Waals surface area (Å²) in [6.07, 6.45) is 0. The van der Waals surface area contributed by atoms with Gasteiger partial charge in [-0.1, -0.05) is 41.9 Å². The number of nitriles is 1. The molecule has 0 heterocycles. The molecule has 20 heavy (non-hydrogen) atoms. The van der Waals surface area contributed by atoms with Gasteiger partial charge in [0.25, 0.3) is 5.91 Å². The van der Waals surface area contributed by atoms with Crippen molar-refractivity contribution in [1.82, 2.24) is 5.32 Å². The molecule has 2 rings (SSSR count). The first-order valence-electron chi connectivity index (χ1n) is 5.82. The molecule has 3 nitrogen and oxygen atoms in total. The van der Waals surface area contributed by atoms with Crippen molar-refractivity contribution in [2.45, 2.75) is 6.04 Å². The predicted molar refractivity (Wildman–Crippen MR) is 73.7 cm³/mol. The van der Waals surface area contributed by atoms with Crippen molar-refractivity contribution in [3.63, 3.8) is 0 Å². The van der Waals surface area contributed by atoms with Gasteiger partial charge in [-0.15, -0.1) is 0 Å². The Morgan fingerprint density at radius 2 is 1.95 bits per heavy atom. The fourth-order valence-electron chi connectivity index (χ4n) is 1.72. The second kappa shape index (κ2) is 6.18. The number of carbonyl (C=O) groups is 1. The summed E-state index contributed by atoms with van der Waals surface area (Å²) in [6.45, 7) is 0. The molecule has 5 heteroatoms. The normalized spacial score (nSPS) is 11.4. The smallest absolute Gasteiger partial charge is 0.254 e. The Morgan fingerprint density at radius 3 is 2.55 bits per heavy atom. The molecule has 2 aromatic rings. The molecule has 100 valence electrons. The van der Waals surface area contributed by atoms with Gasteiger partial charge in [0.2, 0.25) is 0 Å². The minimum atomic E-state index is -0.787. The lowest BCUT2D eigenvalue weighted by Gasteiger charge is -2.12. The van der Waals surface area contributed by atoms with Crippen LogP contribution in [0.2, 0.25) is 5.02 Å². The second-order valence-electron chi connectivity index (χ2n) is 4.07. The van der Waals surface area contributed by atoms with Gasteiger partial charge in [-0.05, 0) is 23.8 Å². The average Bonchev–Trinajstić information content (AvgIpc) is 2.45. The van der Waals surface area contributed by atoms with E-state index in [0.29, 0.717) is 5.56 Å². The second-order valence-corrected chi connectivity index (χ2v) is 4.48. The summed E-state index contributed by atoms with van der Waals surface area (Å²) < 4.78 is 12.9. The summed E-state index contributed by atoms with van der Waals surface area (Å²) in [7, 11) is 0. The Morgan fingerprint density at radius 1 is 1.25 bits per heavy atom. The molecule has 0 aliphatic carbocycles. The van der Waals surface area contributed by atoms with E-state index in [0.717, 1.165) is 12.1 Å². The van der Waals surface area contributed by atoms with E-state index < -0.39 is 17.8 Å². The lowest BCUT2D eigenvalue weighted by atomic mass is 10.1. The van der Waals surface area contributed by atoms with Crippen molar-refractivity contribution in [1.29, 1.82) is 5.26 Å². The van der Waals surface area contributed by atoms with Crippen LogP contribution in [0.1, 0.15) is 22.0 Å². The van der Waals surface area contributed by atoms with Gasteiger partial charge in [0.05, 0.1) is 16.7 Å². The number of halogens is 2. The molecular formula is C15H10ClFN2O. The number of hydrogen-bond acceptors (Lipinski definition) is 2. The maximum atomic E-state index is 12.9. The van der Waals surface area contributed by atoms with E-state index in [4.69, 9.17) is 16.9 Å². The summed E-state index contributed by atoms with van der Waals surface area (Å²) in [6, 6.07) is 13.5. The number of nitrogens with zero attached hydrogens (tertiary/aromatic N) is 1. The zero-order valence-corrected chi connectivity index (χ0v) is 11.1. The molecule has 0 bridgehead atoms. The van der Waals surface area contributed by atoms with Crippen molar-refractivity contribution in [2.24, 2.45) is 0 Å². The van der Waals surface area contributed by atoms with Crippen LogP contribution in [0.15, 0.2) is 48.5 Å². The maximum absolute atomic E-state index is 12.9. The molecule has 0 radical (unpaired) electrons. The fourth-order valence-corrected chi connectivity index (χ4v) is 1.97. The number of benzene rings is 2. The van der Waals surface area contributed by atoms with E-state index in [9.17, 15) is 9.18 Å². The molecule has 1 unspecified atom stereocenters. The Hall–Kier alpha value is -2.38. The summed E-state index contributed by atoms with van der Waals surface area (Å²) in [5.41, 5.74) is 0.797. The van der Waals surface area contributed by atoms with Crippen molar-refractivity contribution < 1.29 is 9.18 Å². The third kappa shape index (κ3) is 3.14. The highest BCUT2D eigenvalue weighted by Crippen LogP contribution is 2.19.